The normalized spacial score (nSPS) is 12.5. The molecule has 0 bridgehead atoms. The summed E-state index contributed by atoms with van der Waals surface area (Å²) in [5.74, 6) is 0. The molecule has 108 valence electrons. The van der Waals surface area contributed by atoms with Crippen LogP contribution in [0.1, 0.15) is 29.4 Å². The molecular weight excluding hydrogens is 330 g/mol. The summed E-state index contributed by atoms with van der Waals surface area (Å²) in [6.45, 7) is 2.84. The van der Waals surface area contributed by atoms with Crippen molar-refractivity contribution in [3.8, 4) is 5.69 Å². The second-order valence-corrected chi connectivity index (χ2v) is 5.94. The zero-order valence-corrected chi connectivity index (χ0v) is 13.3. The lowest BCUT2D eigenvalue weighted by atomic mass is 10.2. The lowest BCUT2D eigenvalue weighted by Gasteiger charge is -2.04. The highest BCUT2D eigenvalue weighted by molar-refractivity contribution is 9.09. The zero-order chi connectivity index (χ0) is 14.7. The van der Waals surface area contributed by atoms with Crippen molar-refractivity contribution < 1.29 is 0 Å². The molecule has 3 rings (SSSR count). The Morgan fingerprint density at radius 1 is 1.24 bits per heavy atom. The van der Waals surface area contributed by atoms with E-state index in [4.69, 9.17) is 0 Å². The van der Waals surface area contributed by atoms with Crippen LogP contribution in [0.5, 0.6) is 0 Å². The van der Waals surface area contributed by atoms with Crippen LogP contribution in [0.15, 0.2) is 48.9 Å². The van der Waals surface area contributed by atoms with Crippen LogP contribution in [0.25, 0.3) is 5.69 Å². The maximum absolute atomic E-state index is 4.22. The first kappa shape index (κ1) is 14.0. The maximum atomic E-state index is 4.22. The van der Waals surface area contributed by atoms with Crippen molar-refractivity contribution in [3.05, 3.63) is 60.2 Å². The molecule has 21 heavy (non-hydrogen) atoms. The number of aromatic nitrogens is 5. The molecule has 0 N–H and O–H groups in total. The highest BCUT2D eigenvalue weighted by Gasteiger charge is 2.09. The molecule has 3 aromatic rings. The molecule has 0 radical (unpaired) electrons. The van der Waals surface area contributed by atoms with Gasteiger partial charge in [-0.1, -0.05) is 40.2 Å². The Bertz CT molecular complexity index is 687. The first-order valence-electron chi connectivity index (χ1n) is 6.89. The Balaban J connectivity index is 1.72. The lowest BCUT2D eigenvalue weighted by molar-refractivity contribution is 0.649. The molecule has 1 atom stereocenters. The topological polar surface area (TPSA) is 48.5 Å². The third kappa shape index (κ3) is 3.21. The third-order valence-corrected chi connectivity index (χ3v) is 4.40. The van der Waals surface area contributed by atoms with Gasteiger partial charge in [0.25, 0.3) is 0 Å². The Kier molecular flexibility index (Phi) is 4.15. The lowest BCUT2D eigenvalue weighted by Crippen LogP contribution is -2.01. The van der Waals surface area contributed by atoms with Crippen molar-refractivity contribution in [2.75, 3.05) is 0 Å². The highest BCUT2D eigenvalue weighted by Crippen LogP contribution is 2.23. The zero-order valence-electron chi connectivity index (χ0n) is 11.7. The largest absolute Gasteiger partial charge is 0.248 e. The molecule has 1 unspecified atom stereocenters. The molecule has 2 heterocycles. The molecule has 1 aromatic carbocycles. The van der Waals surface area contributed by atoms with Gasteiger partial charge in [-0.2, -0.15) is 5.10 Å². The van der Waals surface area contributed by atoms with Crippen LogP contribution >= 0.6 is 15.9 Å². The van der Waals surface area contributed by atoms with Gasteiger partial charge in [-0.15, -0.1) is 5.10 Å². The molecule has 0 aliphatic heterocycles. The summed E-state index contributed by atoms with van der Waals surface area (Å²) in [6, 6.07) is 10.2. The van der Waals surface area contributed by atoms with E-state index >= 15 is 0 Å². The van der Waals surface area contributed by atoms with Crippen LogP contribution in [0.3, 0.4) is 0 Å². The number of alkyl halides is 1. The molecule has 0 saturated carbocycles. The average Bonchev–Trinajstić information content (AvgIpc) is 3.18. The van der Waals surface area contributed by atoms with Gasteiger partial charge in [0.1, 0.15) is 0 Å². The minimum Gasteiger partial charge on any atom is -0.248 e. The van der Waals surface area contributed by atoms with E-state index in [0.29, 0.717) is 0 Å². The summed E-state index contributed by atoms with van der Waals surface area (Å²) in [7, 11) is 0. The van der Waals surface area contributed by atoms with E-state index in [1.165, 1.54) is 5.56 Å². The van der Waals surface area contributed by atoms with Crippen LogP contribution < -0.4 is 0 Å². The standard InChI is InChI=1S/C15H16BrN5/c1-2-14(16)15-11-20(19-18-15)10-12-4-6-13(7-5-12)21-9-3-8-17-21/h3-9,11,14H,2,10H2,1H3. The van der Waals surface area contributed by atoms with Gasteiger partial charge in [-0.05, 0) is 30.2 Å². The molecular formula is C15H16BrN5. The van der Waals surface area contributed by atoms with Crippen molar-refractivity contribution in [2.24, 2.45) is 0 Å². The monoisotopic (exact) mass is 345 g/mol. The predicted octanol–water partition coefficient (Wildman–Crippen LogP) is 3.36. The summed E-state index contributed by atoms with van der Waals surface area (Å²) in [4.78, 5) is 0.272. The smallest absolute Gasteiger partial charge is 0.0963 e. The second kappa shape index (κ2) is 6.22. The molecule has 0 spiro atoms. The van der Waals surface area contributed by atoms with Crippen LogP contribution in [0, 0.1) is 0 Å². The van der Waals surface area contributed by atoms with Crippen molar-refractivity contribution in [2.45, 2.75) is 24.7 Å². The maximum Gasteiger partial charge on any atom is 0.0963 e. The van der Waals surface area contributed by atoms with Gasteiger partial charge in [0.2, 0.25) is 0 Å². The average molecular weight is 346 g/mol. The van der Waals surface area contributed by atoms with E-state index in [2.05, 4.69) is 62.5 Å². The van der Waals surface area contributed by atoms with Gasteiger partial charge in [-0.25, -0.2) is 9.36 Å². The fourth-order valence-corrected chi connectivity index (χ4v) is 2.32. The number of hydrogen-bond donors (Lipinski definition) is 0. The van der Waals surface area contributed by atoms with Crippen LogP contribution in [-0.2, 0) is 6.54 Å². The Hall–Kier alpha value is -1.95. The molecule has 6 heteroatoms. The number of benzene rings is 1. The minimum atomic E-state index is 0.272. The summed E-state index contributed by atoms with van der Waals surface area (Å²) in [6.07, 6.45) is 6.69. The summed E-state index contributed by atoms with van der Waals surface area (Å²) < 4.78 is 3.70. The minimum absolute atomic E-state index is 0.272. The SMILES string of the molecule is CCC(Br)c1cn(Cc2ccc(-n3cccn3)cc2)nn1. The van der Waals surface area contributed by atoms with E-state index in [-0.39, 0.29) is 4.83 Å². The van der Waals surface area contributed by atoms with Gasteiger partial charge >= 0.3 is 0 Å². The summed E-state index contributed by atoms with van der Waals surface area (Å²) in [5, 5.41) is 12.6. The first-order chi connectivity index (χ1) is 10.3. The fraction of sp³-hybridized carbons (Fsp3) is 0.267. The van der Waals surface area contributed by atoms with E-state index in [0.717, 1.165) is 24.3 Å². The van der Waals surface area contributed by atoms with Crippen molar-refractivity contribution in [3.63, 3.8) is 0 Å². The van der Waals surface area contributed by atoms with Gasteiger partial charge in [0.05, 0.1) is 22.8 Å². The molecule has 0 fully saturated rings. The number of halogens is 1. The molecule has 0 aliphatic carbocycles. The summed E-state index contributed by atoms with van der Waals surface area (Å²) >= 11 is 3.59. The first-order valence-corrected chi connectivity index (χ1v) is 7.81. The van der Waals surface area contributed by atoms with Crippen molar-refractivity contribution >= 4 is 15.9 Å². The van der Waals surface area contributed by atoms with Gasteiger partial charge in [-0.3, -0.25) is 0 Å². The number of rotatable bonds is 5. The Morgan fingerprint density at radius 3 is 2.71 bits per heavy atom. The fourth-order valence-electron chi connectivity index (χ4n) is 2.11. The molecule has 0 saturated heterocycles. The molecule has 0 amide bonds. The van der Waals surface area contributed by atoms with Crippen molar-refractivity contribution in [1.82, 2.24) is 24.8 Å². The third-order valence-electron chi connectivity index (χ3n) is 3.29. The Labute approximate surface area is 131 Å². The van der Waals surface area contributed by atoms with E-state index in [9.17, 15) is 0 Å². The van der Waals surface area contributed by atoms with E-state index in [1.54, 1.807) is 6.20 Å². The predicted molar refractivity (Wildman–Crippen MR) is 84.6 cm³/mol. The molecule has 5 nitrogen and oxygen atoms in total. The van der Waals surface area contributed by atoms with E-state index in [1.807, 2.05) is 27.8 Å². The Morgan fingerprint density at radius 2 is 2.05 bits per heavy atom. The van der Waals surface area contributed by atoms with Gasteiger partial charge < -0.3 is 0 Å². The second-order valence-electron chi connectivity index (χ2n) is 4.83. The quantitative estimate of drug-likeness (QED) is 0.666. The van der Waals surface area contributed by atoms with E-state index < -0.39 is 0 Å². The van der Waals surface area contributed by atoms with Gasteiger partial charge in [0, 0.05) is 18.6 Å². The molecule has 0 aliphatic rings. The number of nitrogens with zero attached hydrogens (tertiary/aromatic N) is 5. The van der Waals surface area contributed by atoms with Gasteiger partial charge in [0.15, 0.2) is 0 Å². The highest BCUT2D eigenvalue weighted by atomic mass is 79.9. The molecule has 2 aromatic heterocycles. The van der Waals surface area contributed by atoms with Crippen LogP contribution in [0.4, 0.5) is 0 Å². The summed E-state index contributed by atoms with van der Waals surface area (Å²) in [5.41, 5.74) is 3.21. The number of hydrogen-bond acceptors (Lipinski definition) is 3. The van der Waals surface area contributed by atoms with Crippen LogP contribution in [0.2, 0.25) is 0 Å². The van der Waals surface area contributed by atoms with Crippen LogP contribution in [-0.4, -0.2) is 24.8 Å². The van der Waals surface area contributed by atoms with Crippen molar-refractivity contribution in [1.29, 1.82) is 0 Å².